The van der Waals surface area contributed by atoms with Gasteiger partial charge in [0.25, 0.3) is 0 Å². The van der Waals surface area contributed by atoms with Crippen molar-refractivity contribution >= 4 is 93.0 Å². The Balaban J connectivity index is 0.987. The van der Waals surface area contributed by atoms with Crippen LogP contribution in [0, 0.1) is 0 Å². The zero-order valence-corrected chi connectivity index (χ0v) is 35.6. The zero-order valence-electron chi connectivity index (χ0n) is 35.6. The van der Waals surface area contributed by atoms with Crippen LogP contribution in [-0.4, -0.2) is 24.1 Å². The van der Waals surface area contributed by atoms with E-state index in [9.17, 15) is 0 Å². The van der Waals surface area contributed by atoms with Gasteiger partial charge in [-0.15, -0.1) is 0 Å². The molecule has 0 radical (unpaired) electrons. The van der Waals surface area contributed by atoms with Crippen LogP contribution in [0.3, 0.4) is 0 Å². The number of fused-ring (bicyclic) bond motifs is 12. The zero-order chi connectivity index (χ0) is 43.5. The Bertz CT molecular complexity index is 3990. The Hall–Kier alpha value is -8.93. The first-order valence-corrected chi connectivity index (χ1v) is 22.5. The molecule has 0 saturated carbocycles. The van der Waals surface area contributed by atoms with Crippen LogP contribution in [0.5, 0.6) is 0 Å². The maximum Gasteiger partial charge on any atom is 0.193 e. The van der Waals surface area contributed by atoms with Crippen LogP contribution in [0.25, 0.3) is 110 Å². The van der Waals surface area contributed by atoms with Crippen molar-refractivity contribution in [3.63, 3.8) is 0 Å². The number of hydrogen-bond acceptors (Lipinski definition) is 1. The van der Waals surface area contributed by atoms with Gasteiger partial charge in [0.2, 0.25) is 0 Å². The minimum atomic E-state index is -0.0106. The molecule has 0 amide bonds. The van der Waals surface area contributed by atoms with Crippen LogP contribution in [-0.2, 0) is 0 Å². The normalized spacial score (nSPS) is 12.0. The lowest BCUT2D eigenvalue weighted by molar-refractivity contribution is 0.103. The van der Waals surface area contributed by atoms with Crippen LogP contribution in [0.2, 0.25) is 0 Å². The lowest BCUT2D eigenvalue weighted by Gasteiger charge is -2.10. The minimum absolute atomic E-state index is 0.0106. The van der Waals surface area contributed by atoms with Crippen molar-refractivity contribution < 1.29 is 4.79 Å². The van der Waals surface area contributed by atoms with Crippen molar-refractivity contribution in [1.82, 2.24) is 18.3 Å². The van der Waals surface area contributed by atoms with Crippen molar-refractivity contribution in [2.75, 3.05) is 0 Å². The molecule has 0 N–H and O–H groups in total. The third kappa shape index (κ3) is 5.25. The summed E-state index contributed by atoms with van der Waals surface area (Å²) in [6.07, 6.45) is 0. The Kier molecular flexibility index (Phi) is 7.77. The van der Waals surface area contributed by atoms with E-state index in [2.05, 4.69) is 237 Å². The van der Waals surface area contributed by atoms with E-state index in [4.69, 9.17) is 0 Å². The molecule has 14 rings (SSSR count). The number of carbonyl (C=O) groups is 1. The Morgan fingerprint density at radius 2 is 0.500 bits per heavy atom. The second-order valence-electron chi connectivity index (χ2n) is 17.3. The van der Waals surface area contributed by atoms with Crippen molar-refractivity contribution in [1.29, 1.82) is 0 Å². The van der Waals surface area contributed by atoms with Gasteiger partial charge in [-0.2, -0.15) is 0 Å². The first-order chi connectivity index (χ1) is 32.7. The molecule has 10 aromatic carbocycles. The van der Waals surface area contributed by atoms with E-state index in [1.807, 2.05) is 12.1 Å². The SMILES string of the molecule is O=C(c1ccc2c(c1)c1cc3c4ccccc4n(-c4ccccc4)c3cc1n2-c1ccccc1)c1ccc2c(c1)c1cc3c4ccccc4n(-c4ccccc4)c3cc1n2-c1ccccc1. The Morgan fingerprint density at radius 1 is 0.227 bits per heavy atom. The van der Waals surface area contributed by atoms with Crippen LogP contribution < -0.4 is 0 Å². The first-order valence-electron chi connectivity index (χ1n) is 22.5. The number of rotatable bonds is 6. The molecule has 0 bridgehead atoms. The van der Waals surface area contributed by atoms with E-state index < -0.39 is 0 Å². The molecule has 4 heterocycles. The monoisotopic (exact) mass is 842 g/mol. The summed E-state index contributed by atoms with van der Waals surface area (Å²) in [5.41, 5.74) is 14.5. The van der Waals surface area contributed by atoms with Crippen molar-refractivity contribution in [2.45, 2.75) is 0 Å². The molecule has 0 fully saturated rings. The number of hydrogen-bond donors (Lipinski definition) is 0. The maximum absolute atomic E-state index is 15.0. The number of benzene rings is 10. The third-order valence-corrected chi connectivity index (χ3v) is 13.7. The average Bonchev–Trinajstić information content (AvgIpc) is 4.09. The van der Waals surface area contributed by atoms with Gasteiger partial charge in [-0.05, 0) is 121 Å². The fraction of sp³-hybridized carbons (Fsp3) is 0. The molecule has 0 unspecified atom stereocenters. The van der Waals surface area contributed by atoms with Gasteiger partial charge in [-0.25, -0.2) is 0 Å². The predicted octanol–water partition coefficient (Wildman–Crippen LogP) is 15.3. The molecule has 0 aliphatic rings. The fourth-order valence-corrected chi connectivity index (χ4v) is 10.8. The molecule has 0 atom stereocenters. The Morgan fingerprint density at radius 3 is 0.848 bits per heavy atom. The summed E-state index contributed by atoms with van der Waals surface area (Å²) in [5, 5.41) is 9.01. The smallest absolute Gasteiger partial charge is 0.193 e. The molecule has 14 aromatic rings. The number of nitrogens with zero attached hydrogens (tertiary/aromatic N) is 4. The molecular weight excluding hydrogens is 805 g/mol. The average molecular weight is 843 g/mol. The highest BCUT2D eigenvalue weighted by Gasteiger charge is 2.23. The summed E-state index contributed by atoms with van der Waals surface area (Å²) >= 11 is 0. The molecule has 66 heavy (non-hydrogen) atoms. The molecule has 0 spiro atoms. The van der Waals surface area contributed by atoms with E-state index >= 15 is 4.79 Å². The van der Waals surface area contributed by atoms with E-state index in [0.29, 0.717) is 11.1 Å². The van der Waals surface area contributed by atoms with Gasteiger partial charge in [0, 0.05) is 77.0 Å². The summed E-state index contributed by atoms with van der Waals surface area (Å²) in [6, 6.07) is 81.4. The predicted molar refractivity (Wildman–Crippen MR) is 274 cm³/mol. The van der Waals surface area contributed by atoms with Crippen LogP contribution in [0.4, 0.5) is 0 Å². The van der Waals surface area contributed by atoms with E-state index in [0.717, 1.165) is 88.4 Å². The highest BCUT2D eigenvalue weighted by molar-refractivity contribution is 6.23. The Labute approximate surface area is 378 Å². The van der Waals surface area contributed by atoms with Gasteiger partial charge in [-0.3, -0.25) is 4.79 Å². The van der Waals surface area contributed by atoms with Crippen molar-refractivity contribution in [2.24, 2.45) is 0 Å². The molecular formula is C61H38N4O. The van der Waals surface area contributed by atoms with Gasteiger partial charge in [0.1, 0.15) is 0 Å². The standard InChI is InChI=1S/C61H38N4O/c66-61(39-29-31-55-47(33-39)51-35-49-45-25-13-15-27-53(45)62(41-17-5-1-6-18-41)57(49)37-59(51)64(55)43-21-9-3-10-22-43)40-30-32-56-48(34-40)52-36-50-46-26-14-16-28-54(46)63(42-19-7-2-8-20-42)58(50)38-60(52)65(56)44-23-11-4-12-24-44/h1-38H. The molecule has 0 aliphatic heterocycles. The summed E-state index contributed by atoms with van der Waals surface area (Å²) < 4.78 is 9.41. The van der Waals surface area contributed by atoms with Gasteiger partial charge >= 0.3 is 0 Å². The van der Waals surface area contributed by atoms with E-state index in [1.54, 1.807) is 0 Å². The molecule has 0 aliphatic carbocycles. The van der Waals surface area contributed by atoms with Crippen LogP contribution in [0.1, 0.15) is 15.9 Å². The number of aromatic nitrogens is 4. The second kappa shape index (κ2) is 14.0. The van der Waals surface area contributed by atoms with Crippen LogP contribution in [0.15, 0.2) is 231 Å². The molecule has 4 aromatic heterocycles. The summed E-state index contributed by atoms with van der Waals surface area (Å²) in [5.74, 6) is -0.0106. The summed E-state index contributed by atoms with van der Waals surface area (Å²) in [4.78, 5) is 15.0. The number of para-hydroxylation sites is 6. The minimum Gasteiger partial charge on any atom is -0.309 e. The van der Waals surface area contributed by atoms with Crippen LogP contribution >= 0.6 is 0 Å². The largest absolute Gasteiger partial charge is 0.309 e. The second-order valence-corrected chi connectivity index (χ2v) is 17.3. The fourth-order valence-electron chi connectivity index (χ4n) is 10.8. The van der Waals surface area contributed by atoms with Gasteiger partial charge < -0.3 is 18.3 Å². The lowest BCUT2D eigenvalue weighted by Crippen LogP contribution is -2.01. The van der Waals surface area contributed by atoms with Gasteiger partial charge in [0.15, 0.2) is 5.78 Å². The maximum atomic E-state index is 15.0. The highest BCUT2D eigenvalue weighted by atomic mass is 16.1. The van der Waals surface area contributed by atoms with E-state index in [1.165, 1.54) is 21.5 Å². The third-order valence-electron chi connectivity index (χ3n) is 13.7. The molecule has 5 nitrogen and oxygen atoms in total. The summed E-state index contributed by atoms with van der Waals surface area (Å²) in [7, 11) is 0. The highest BCUT2D eigenvalue weighted by Crippen LogP contribution is 2.42. The first kappa shape index (κ1) is 36.5. The van der Waals surface area contributed by atoms with Gasteiger partial charge in [0.05, 0.1) is 44.1 Å². The van der Waals surface area contributed by atoms with Gasteiger partial charge in [-0.1, -0.05) is 109 Å². The number of ketones is 1. The van der Waals surface area contributed by atoms with Crippen molar-refractivity contribution in [3.05, 3.63) is 242 Å². The number of carbonyl (C=O) groups excluding carboxylic acids is 1. The quantitative estimate of drug-likeness (QED) is 0.154. The topological polar surface area (TPSA) is 36.8 Å². The lowest BCUT2D eigenvalue weighted by atomic mass is 9.99. The molecule has 0 saturated heterocycles. The van der Waals surface area contributed by atoms with Crippen molar-refractivity contribution in [3.8, 4) is 22.7 Å². The molecule has 308 valence electrons. The van der Waals surface area contributed by atoms with E-state index in [-0.39, 0.29) is 5.78 Å². The molecule has 5 heteroatoms. The summed E-state index contributed by atoms with van der Waals surface area (Å²) in [6.45, 7) is 0.